The summed E-state index contributed by atoms with van der Waals surface area (Å²) in [6, 6.07) is 12.8. The van der Waals surface area contributed by atoms with Crippen molar-refractivity contribution >= 4 is 23.5 Å². The lowest BCUT2D eigenvalue weighted by Crippen LogP contribution is -2.72. The molecule has 1 atom stereocenters. The number of alkyl halides is 3. The van der Waals surface area contributed by atoms with Crippen molar-refractivity contribution in [2.75, 3.05) is 0 Å². The van der Waals surface area contributed by atoms with Crippen molar-refractivity contribution in [1.82, 2.24) is 20.9 Å². The van der Waals surface area contributed by atoms with Gasteiger partial charge in [-0.05, 0) is 56.2 Å². The molecule has 7 rings (SSSR count). The molecule has 43 heavy (non-hydrogen) atoms. The summed E-state index contributed by atoms with van der Waals surface area (Å²) in [5, 5.41) is 7.98. The molecule has 3 amide bonds. The predicted molar refractivity (Wildman–Crippen MR) is 150 cm³/mol. The first-order valence-corrected chi connectivity index (χ1v) is 14.8. The lowest BCUT2D eigenvalue weighted by molar-refractivity contribution is -0.217. The summed E-state index contributed by atoms with van der Waals surface area (Å²) in [6.07, 6.45) is 0.540. The van der Waals surface area contributed by atoms with Crippen molar-refractivity contribution in [1.29, 1.82) is 0 Å². The van der Waals surface area contributed by atoms with E-state index < -0.39 is 76.8 Å². The Morgan fingerprint density at radius 3 is 1.93 bits per heavy atom. The Morgan fingerprint density at radius 2 is 1.40 bits per heavy atom. The molecule has 1 aromatic carbocycles. The van der Waals surface area contributed by atoms with Crippen LogP contribution in [0.2, 0.25) is 0 Å². The van der Waals surface area contributed by atoms with Crippen LogP contribution in [0.5, 0.6) is 0 Å². The van der Waals surface area contributed by atoms with Gasteiger partial charge in [0.15, 0.2) is 0 Å². The molecule has 0 spiro atoms. The highest BCUT2D eigenvalue weighted by Gasteiger charge is 2.72. The van der Waals surface area contributed by atoms with Gasteiger partial charge in [-0.1, -0.05) is 36.4 Å². The molecule has 1 aromatic heterocycles. The molecule has 4 bridgehead atoms. The highest BCUT2D eigenvalue weighted by molar-refractivity contribution is 6.38. The number of nitrogens with one attached hydrogen (secondary N) is 3. The van der Waals surface area contributed by atoms with Crippen molar-refractivity contribution in [3.8, 4) is 0 Å². The molecule has 5 aliphatic carbocycles. The molecule has 0 unspecified atom stereocenters. The fourth-order valence-corrected chi connectivity index (χ4v) is 8.08. The third-order valence-corrected chi connectivity index (χ3v) is 9.63. The first-order valence-electron chi connectivity index (χ1n) is 14.8. The number of nitrogens with zero attached hydrogens (tertiary/aromatic N) is 1. The van der Waals surface area contributed by atoms with Crippen LogP contribution in [0.3, 0.4) is 0 Å². The topological polar surface area (TPSA) is 117 Å². The normalized spacial score (nSPS) is 32.3. The molecule has 5 fully saturated rings. The van der Waals surface area contributed by atoms with E-state index in [1.54, 1.807) is 54.7 Å². The summed E-state index contributed by atoms with van der Waals surface area (Å²) in [7, 11) is 0. The summed E-state index contributed by atoms with van der Waals surface area (Å²) in [4.78, 5) is 57.8. The van der Waals surface area contributed by atoms with E-state index in [0.717, 1.165) is 0 Å². The van der Waals surface area contributed by atoms with Gasteiger partial charge in [0.1, 0.15) is 28.6 Å². The first kappa shape index (κ1) is 29.3. The molecule has 5 saturated carbocycles. The van der Waals surface area contributed by atoms with Crippen LogP contribution >= 0.6 is 0 Å². The predicted octanol–water partition coefficient (Wildman–Crippen LogP) is 3.53. The van der Waals surface area contributed by atoms with Crippen molar-refractivity contribution in [2.45, 2.75) is 99.3 Å². The van der Waals surface area contributed by atoms with Crippen molar-refractivity contribution in [3.05, 3.63) is 66.0 Å². The molecule has 5 aliphatic rings. The lowest BCUT2D eigenvalue weighted by Gasteiger charge is -2.62. The van der Waals surface area contributed by atoms with Crippen LogP contribution in [0.4, 0.5) is 13.2 Å². The number of benzene rings is 1. The molecule has 0 aliphatic heterocycles. The maximum absolute atomic E-state index is 15.6. The molecule has 0 radical (unpaired) electrons. The van der Waals surface area contributed by atoms with Crippen LogP contribution < -0.4 is 16.0 Å². The Morgan fingerprint density at radius 1 is 0.791 bits per heavy atom. The van der Waals surface area contributed by atoms with Crippen LogP contribution in [0.25, 0.3) is 0 Å². The van der Waals surface area contributed by atoms with Gasteiger partial charge in [-0.15, -0.1) is 0 Å². The number of carbonyl (C=O) groups excluding carboxylic acids is 4. The molecule has 11 heteroatoms. The van der Waals surface area contributed by atoms with E-state index in [0.29, 0.717) is 17.7 Å². The summed E-state index contributed by atoms with van der Waals surface area (Å²) < 4.78 is 46.7. The second kappa shape index (κ2) is 10.4. The number of hydrogen-bond acceptors (Lipinski definition) is 5. The van der Waals surface area contributed by atoms with Crippen molar-refractivity contribution in [2.24, 2.45) is 5.41 Å². The Labute approximate surface area is 247 Å². The zero-order chi connectivity index (χ0) is 30.5. The number of amides is 3. The summed E-state index contributed by atoms with van der Waals surface area (Å²) in [5.74, 6) is -3.16. The number of aromatic nitrogens is 1. The summed E-state index contributed by atoms with van der Waals surface area (Å²) in [5.41, 5.74) is -8.11. The van der Waals surface area contributed by atoms with E-state index in [1.807, 2.05) is 0 Å². The fourth-order valence-electron chi connectivity index (χ4n) is 8.08. The third-order valence-electron chi connectivity index (χ3n) is 9.63. The van der Waals surface area contributed by atoms with Gasteiger partial charge < -0.3 is 16.0 Å². The van der Waals surface area contributed by atoms with Gasteiger partial charge in [-0.3, -0.25) is 24.2 Å². The Hall–Kier alpha value is -3.76. The minimum atomic E-state index is -2.11. The van der Waals surface area contributed by atoms with Crippen LogP contribution in [-0.4, -0.2) is 57.1 Å². The van der Waals surface area contributed by atoms with Gasteiger partial charge in [-0.2, -0.15) is 0 Å². The highest BCUT2D eigenvalue weighted by Crippen LogP contribution is 2.68. The Kier molecular flexibility index (Phi) is 7.12. The molecule has 0 saturated heterocycles. The second-order valence-electron chi connectivity index (χ2n) is 13.3. The third kappa shape index (κ3) is 5.65. The fraction of sp³-hybridized carbons (Fsp3) is 0.531. The number of pyridine rings is 1. The zero-order valence-electron chi connectivity index (χ0n) is 23.8. The Bertz CT molecular complexity index is 1380. The van der Waals surface area contributed by atoms with Crippen LogP contribution in [0.1, 0.15) is 69.0 Å². The maximum Gasteiger partial charge on any atom is 0.289 e. The lowest BCUT2D eigenvalue weighted by atomic mass is 9.46. The largest absolute Gasteiger partial charge is 0.344 e. The Balaban J connectivity index is 1.19. The van der Waals surface area contributed by atoms with E-state index >= 15 is 13.2 Å². The molecule has 8 nitrogen and oxygen atoms in total. The quantitative estimate of drug-likeness (QED) is 0.363. The minimum Gasteiger partial charge on any atom is -0.344 e. The van der Waals surface area contributed by atoms with Crippen molar-refractivity contribution < 1.29 is 32.3 Å². The van der Waals surface area contributed by atoms with E-state index in [-0.39, 0.29) is 45.1 Å². The van der Waals surface area contributed by atoms with Gasteiger partial charge >= 0.3 is 0 Å². The average molecular weight is 597 g/mol. The molecule has 3 N–H and O–H groups in total. The van der Waals surface area contributed by atoms with Gasteiger partial charge in [0, 0.05) is 31.9 Å². The average Bonchev–Trinajstić information content (AvgIpc) is 2.91. The van der Waals surface area contributed by atoms with E-state index in [9.17, 15) is 19.2 Å². The number of ketones is 1. The number of hydrogen-bond donors (Lipinski definition) is 3. The monoisotopic (exact) mass is 596 g/mol. The van der Waals surface area contributed by atoms with Gasteiger partial charge in [-0.25, -0.2) is 13.2 Å². The molecular formula is C32H35F3N4O4. The smallest absolute Gasteiger partial charge is 0.289 e. The molecule has 2 aromatic rings. The van der Waals surface area contributed by atoms with Gasteiger partial charge in [0.25, 0.3) is 5.91 Å². The van der Waals surface area contributed by atoms with Crippen LogP contribution in [0, 0.1) is 5.41 Å². The van der Waals surface area contributed by atoms with Crippen LogP contribution in [0.15, 0.2) is 54.7 Å². The summed E-state index contributed by atoms with van der Waals surface area (Å²) in [6.45, 7) is 0.0156. The van der Waals surface area contributed by atoms with E-state index in [4.69, 9.17) is 0 Å². The number of halogens is 3. The second-order valence-corrected chi connectivity index (χ2v) is 13.3. The van der Waals surface area contributed by atoms with Gasteiger partial charge in [0.2, 0.25) is 17.6 Å². The minimum absolute atomic E-state index is 0.0156. The van der Waals surface area contributed by atoms with Gasteiger partial charge in [0.05, 0.1) is 17.7 Å². The highest BCUT2D eigenvalue weighted by atomic mass is 19.2. The zero-order valence-corrected chi connectivity index (χ0v) is 23.8. The number of carbonyl (C=O) groups is 4. The van der Waals surface area contributed by atoms with E-state index in [1.165, 1.54) is 0 Å². The maximum atomic E-state index is 15.6. The first-order chi connectivity index (χ1) is 20.3. The van der Waals surface area contributed by atoms with Crippen molar-refractivity contribution in [3.63, 3.8) is 0 Å². The van der Waals surface area contributed by atoms with Crippen LogP contribution in [-0.2, 0) is 32.1 Å². The number of Topliss-reactive ketones (excluding diaryl/α,β-unsaturated/α-hetero) is 1. The summed E-state index contributed by atoms with van der Waals surface area (Å²) >= 11 is 0. The molecule has 1 heterocycles. The SMILES string of the molecule is O=C(NCc1ccccn1)C(=O)[C@@H](Cc1ccccc1)NC(=O)C1(NC(=O)C23CC4(F)CC(F)(CC(F)(C4)C2)C3)CCC1. The van der Waals surface area contributed by atoms with E-state index in [2.05, 4.69) is 20.9 Å². The molecular weight excluding hydrogens is 561 g/mol. The molecule has 228 valence electrons. The standard InChI is InChI=1S/C32H35F3N4O4/c33-29-15-28(16-30(34,18-29)20-31(35,17-28)19-29)26(42)39-32(10-6-11-32)27(43)38-23(13-21-7-2-1-3-8-21)24(40)25(41)37-14-22-9-4-5-12-36-22/h1-5,7-9,12,23H,6,10-11,13-20H2,(H,37,41)(H,38,43)(H,39,42)/t23-,28?,29?,30?,31?/m1/s1. The number of rotatable bonds is 10.